The van der Waals surface area contributed by atoms with Gasteiger partial charge in [0.1, 0.15) is 0 Å². The Labute approximate surface area is 280 Å². The summed E-state index contributed by atoms with van der Waals surface area (Å²) in [6.07, 6.45) is 18.1. The summed E-state index contributed by atoms with van der Waals surface area (Å²) in [5.74, 6) is -1.93. The number of aliphatic carboxylic acids is 2. The molecule has 0 radical (unpaired) electrons. The van der Waals surface area contributed by atoms with Crippen LogP contribution in [0.5, 0.6) is 0 Å². The molecule has 5 heteroatoms. The van der Waals surface area contributed by atoms with Gasteiger partial charge >= 0.3 is 37.7 Å². The fourth-order valence-corrected chi connectivity index (χ4v) is 5.21. The third-order valence-electron chi connectivity index (χ3n) is 8.28. The molecule has 0 saturated carbocycles. The van der Waals surface area contributed by atoms with Crippen LogP contribution in [0.25, 0.3) is 0 Å². The first-order valence-electron chi connectivity index (χ1n) is 15.8. The zero-order chi connectivity index (χ0) is 29.7. The average Bonchev–Trinajstić information content (AvgIpc) is 2.97. The maximum Gasteiger partial charge on any atom is 2.00 e. The van der Waals surface area contributed by atoms with Crippen molar-refractivity contribution in [2.24, 2.45) is 0 Å². The molecule has 0 heterocycles. The van der Waals surface area contributed by atoms with Crippen LogP contribution in [0.15, 0.2) is 60.7 Å². The van der Waals surface area contributed by atoms with Crippen LogP contribution in [0.4, 0.5) is 0 Å². The van der Waals surface area contributed by atoms with E-state index in [2.05, 4.69) is 13.8 Å². The van der Waals surface area contributed by atoms with Crippen LogP contribution < -0.4 is 10.2 Å². The van der Waals surface area contributed by atoms with E-state index in [9.17, 15) is 19.8 Å². The Hall–Kier alpha value is -1.36. The number of carboxylic acid groups (broad SMARTS) is 2. The SMILES string of the molecule is CCCCCCCCCC(C)(C(=O)[O-])c1ccccc1.CCCCCCCCCC(C)(C(=O)[O-])c1ccccc1.[Ca+2]. The largest absolute Gasteiger partial charge is 2.00 e. The van der Waals surface area contributed by atoms with Crippen molar-refractivity contribution >= 4 is 49.7 Å². The molecule has 224 valence electrons. The summed E-state index contributed by atoms with van der Waals surface area (Å²) in [6, 6.07) is 18.9. The number of carboxylic acids is 2. The molecule has 0 aliphatic rings. The van der Waals surface area contributed by atoms with Crippen LogP contribution >= 0.6 is 0 Å². The number of carbonyl (C=O) groups is 2. The molecule has 0 N–H and O–H groups in total. The normalized spacial score (nSPS) is 13.6. The molecule has 0 spiro atoms. The molecule has 41 heavy (non-hydrogen) atoms. The van der Waals surface area contributed by atoms with Crippen LogP contribution in [0.2, 0.25) is 0 Å². The van der Waals surface area contributed by atoms with Gasteiger partial charge in [0.25, 0.3) is 0 Å². The number of unbranched alkanes of at least 4 members (excludes halogenated alkanes) is 12. The number of hydrogen-bond acceptors (Lipinski definition) is 4. The fourth-order valence-electron chi connectivity index (χ4n) is 5.21. The van der Waals surface area contributed by atoms with Gasteiger partial charge in [0.2, 0.25) is 0 Å². The van der Waals surface area contributed by atoms with E-state index in [4.69, 9.17) is 0 Å². The van der Waals surface area contributed by atoms with Crippen molar-refractivity contribution in [1.29, 1.82) is 0 Å². The summed E-state index contributed by atoms with van der Waals surface area (Å²) in [7, 11) is 0. The molecule has 0 aromatic heterocycles. The van der Waals surface area contributed by atoms with E-state index in [1.54, 1.807) is 13.8 Å². The minimum Gasteiger partial charge on any atom is -0.549 e. The second-order valence-electron chi connectivity index (χ2n) is 11.7. The van der Waals surface area contributed by atoms with Gasteiger partial charge in [-0.25, -0.2) is 0 Å². The van der Waals surface area contributed by atoms with Gasteiger partial charge < -0.3 is 19.8 Å². The van der Waals surface area contributed by atoms with Crippen molar-refractivity contribution in [3.8, 4) is 0 Å². The van der Waals surface area contributed by atoms with Gasteiger partial charge in [-0.05, 0) is 24.0 Å². The van der Waals surface area contributed by atoms with Gasteiger partial charge in [0.05, 0.1) is 11.9 Å². The first-order valence-corrected chi connectivity index (χ1v) is 15.8. The molecule has 2 aromatic rings. The maximum atomic E-state index is 11.5. The number of hydrogen-bond donors (Lipinski definition) is 0. The molecule has 4 nitrogen and oxygen atoms in total. The number of carbonyl (C=O) groups excluding carboxylic acids is 2. The van der Waals surface area contributed by atoms with Crippen molar-refractivity contribution in [1.82, 2.24) is 0 Å². The molecule has 2 rings (SSSR count). The van der Waals surface area contributed by atoms with E-state index in [1.165, 1.54) is 64.2 Å². The molecule has 2 aromatic carbocycles. The minimum atomic E-state index is -0.963. The predicted octanol–water partition coefficient (Wildman–Crippen LogP) is 7.29. The van der Waals surface area contributed by atoms with Crippen molar-refractivity contribution in [2.45, 2.75) is 141 Å². The van der Waals surface area contributed by atoms with Crippen molar-refractivity contribution < 1.29 is 19.8 Å². The zero-order valence-corrected chi connectivity index (χ0v) is 28.6. The quantitative estimate of drug-likeness (QED) is 0.120. The van der Waals surface area contributed by atoms with Gasteiger partial charge in [0.15, 0.2) is 0 Å². The van der Waals surface area contributed by atoms with Crippen LogP contribution in [0.1, 0.15) is 142 Å². The van der Waals surface area contributed by atoms with Gasteiger partial charge in [-0.2, -0.15) is 0 Å². The standard InChI is InChI=1S/2C18H28O2.Ca/c2*1-3-4-5-6-7-8-12-15-18(2,17(19)20)16-13-10-9-11-14-16;/h2*9-11,13-14H,3-8,12,15H2,1-2H3,(H,19,20);/q;;+2/p-2. The summed E-state index contributed by atoms with van der Waals surface area (Å²) in [6.45, 7) is 8.00. The maximum absolute atomic E-state index is 11.5. The van der Waals surface area contributed by atoms with Crippen molar-refractivity contribution in [3.05, 3.63) is 71.8 Å². The summed E-state index contributed by atoms with van der Waals surface area (Å²) in [5.41, 5.74) is -0.00742. The topological polar surface area (TPSA) is 80.3 Å². The molecule has 0 saturated heterocycles. The van der Waals surface area contributed by atoms with Gasteiger partial charge in [-0.3, -0.25) is 0 Å². The Bertz CT molecular complexity index is 856. The summed E-state index contributed by atoms with van der Waals surface area (Å²) >= 11 is 0. The Kier molecular flexibility index (Phi) is 22.4. The second-order valence-corrected chi connectivity index (χ2v) is 11.7. The van der Waals surface area contributed by atoms with E-state index >= 15 is 0 Å². The minimum absolute atomic E-state index is 0. The van der Waals surface area contributed by atoms with E-state index in [-0.39, 0.29) is 37.7 Å². The Morgan fingerprint density at radius 2 is 0.780 bits per heavy atom. The van der Waals surface area contributed by atoms with Crippen LogP contribution in [0, 0.1) is 0 Å². The third kappa shape index (κ3) is 15.1. The van der Waals surface area contributed by atoms with E-state index in [0.717, 1.165) is 36.8 Å². The second kappa shape index (κ2) is 23.1. The molecular weight excluding hydrogens is 536 g/mol. The molecule has 0 aliphatic carbocycles. The molecule has 0 bridgehead atoms. The molecule has 0 fully saturated rings. The number of rotatable bonds is 20. The van der Waals surface area contributed by atoms with Crippen LogP contribution in [-0.2, 0) is 20.4 Å². The Balaban J connectivity index is 0.000000762. The van der Waals surface area contributed by atoms with Gasteiger partial charge in [0, 0.05) is 10.8 Å². The zero-order valence-electron chi connectivity index (χ0n) is 26.4. The smallest absolute Gasteiger partial charge is 0.549 e. The van der Waals surface area contributed by atoms with E-state index in [0.29, 0.717) is 12.8 Å². The Morgan fingerprint density at radius 3 is 1.05 bits per heavy atom. The van der Waals surface area contributed by atoms with Gasteiger partial charge in [-0.15, -0.1) is 0 Å². The molecule has 2 unspecified atom stereocenters. The fraction of sp³-hybridized carbons (Fsp3) is 0.611. The summed E-state index contributed by atoms with van der Waals surface area (Å²) in [4.78, 5) is 23.0. The molecular formula is C36H54CaO4. The van der Waals surface area contributed by atoms with Gasteiger partial charge in [-0.1, -0.05) is 178 Å². The van der Waals surface area contributed by atoms with E-state index in [1.807, 2.05) is 60.7 Å². The van der Waals surface area contributed by atoms with Crippen molar-refractivity contribution in [3.63, 3.8) is 0 Å². The predicted molar refractivity (Wildman–Crippen MR) is 169 cm³/mol. The van der Waals surface area contributed by atoms with Crippen LogP contribution in [0.3, 0.4) is 0 Å². The molecule has 2 atom stereocenters. The van der Waals surface area contributed by atoms with Crippen LogP contribution in [-0.4, -0.2) is 49.7 Å². The summed E-state index contributed by atoms with van der Waals surface area (Å²) < 4.78 is 0. The van der Waals surface area contributed by atoms with E-state index < -0.39 is 22.8 Å². The Morgan fingerprint density at radius 1 is 0.512 bits per heavy atom. The summed E-state index contributed by atoms with van der Waals surface area (Å²) in [5, 5.41) is 23.0. The number of benzene rings is 2. The monoisotopic (exact) mass is 590 g/mol. The molecule has 0 amide bonds. The first kappa shape index (κ1) is 39.6. The first-order chi connectivity index (χ1) is 19.2. The van der Waals surface area contributed by atoms with Crippen molar-refractivity contribution in [2.75, 3.05) is 0 Å². The third-order valence-corrected chi connectivity index (χ3v) is 8.28. The molecule has 0 aliphatic heterocycles. The average molecular weight is 591 g/mol.